The Morgan fingerprint density at radius 2 is 1.41 bits per heavy atom. The summed E-state index contributed by atoms with van der Waals surface area (Å²) in [6.45, 7) is 15.5. The first-order chi connectivity index (χ1) is 15.4. The molecule has 10 heteroatoms. The Balaban J connectivity index is 2.55. The summed E-state index contributed by atoms with van der Waals surface area (Å²) in [5, 5.41) is 0. The lowest BCUT2D eigenvalue weighted by atomic mass is 9.93. The Kier molecular flexibility index (Phi) is 8.07. The largest absolute Gasteiger partial charge is 0.443 e. The average molecular weight is 540 g/mol. The van der Waals surface area contributed by atoms with Crippen LogP contribution in [0.15, 0.2) is 35.1 Å². The molecule has 0 aliphatic heterocycles. The molecule has 1 heterocycles. The number of nitrogens with zero attached hydrogens (tertiary/aromatic N) is 3. The molecule has 1 aliphatic carbocycles. The van der Waals surface area contributed by atoms with E-state index in [0.29, 0.717) is 4.48 Å². The Hall–Kier alpha value is -2.62. The fourth-order valence-corrected chi connectivity index (χ4v) is 3.51. The monoisotopic (exact) mass is 539 g/mol. The van der Waals surface area contributed by atoms with Crippen LogP contribution in [-0.2, 0) is 14.2 Å². The van der Waals surface area contributed by atoms with Gasteiger partial charge in [-0.3, -0.25) is 0 Å². The number of halogens is 1. The van der Waals surface area contributed by atoms with E-state index in [1.165, 1.54) is 17.0 Å². The fourth-order valence-electron chi connectivity index (χ4n) is 3.08. The van der Waals surface area contributed by atoms with Crippen LogP contribution >= 0.6 is 15.9 Å². The normalized spacial score (nSPS) is 18.7. The van der Waals surface area contributed by atoms with Gasteiger partial charge in [-0.1, -0.05) is 34.2 Å². The second-order valence-corrected chi connectivity index (χ2v) is 11.8. The van der Waals surface area contributed by atoms with E-state index in [1.54, 1.807) is 80.5 Å². The Labute approximate surface area is 209 Å². The number of carbonyl (C=O) groups excluding carboxylic acids is 3. The first-order valence-electron chi connectivity index (χ1n) is 11.0. The molecule has 9 nitrogen and oxygen atoms in total. The zero-order valence-corrected chi connectivity index (χ0v) is 22.8. The molecule has 0 saturated heterocycles. The zero-order valence-electron chi connectivity index (χ0n) is 21.2. The number of imide groups is 1. The number of amides is 2. The molecule has 0 saturated carbocycles. The minimum absolute atomic E-state index is 0.290. The van der Waals surface area contributed by atoms with Crippen molar-refractivity contribution >= 4 is 34.2 Å². The molecule has 0 bridgehead atoms. The van der Waals surface area contributed by atoms with Crippen molar-refractivity contribution < 1.29 is 28.6 Å². The van der Waals surface area contributed by atoms with Gasteiger partial charge in [0.1, 0.15) is 22.6 Å². The summed E-state index contributed by atoms with van der Waals surface area (Å²) in [5.41, 5.74) is -2.42. The second-order valence-electron chi connectivity index (χ2n) is 10.9. The van der Waals surface area contributed by atoms with Crippen molar-refractivity contribution in [3.63, 3.8) is 0 Å². The predicted molar refractivity (Wildman–Crippen MR) is 131 cm³/mol. The lowest BCUT2D eigenvalue weighted by Gasteiger charge is -2.36. The molecule has 2 atom stereocenters. The van der Waals surface area contributed by atoms with E-state index in [-0.39, 0.29) is 5.82 Å². The molecule has 2 unspecified atom stereocenters. The summed E-state index contributed by atoms with van der Waals surface area (Å²) >= 11 is 3.44. The molecule has 1 aromatic rings. The highest BCUT2D eigenvalue weighted by Gasteiger charge is 2.42. The van der Waals surface area contributed by atoms with Crippen molar-refractivity contribution in [3.05, 3.63) is 40.9 Å². The second kappa shape index (κ2) is 9.93. The topological polar surface area (TPSA) is 100.0 Å². The number of imidazole rings is 1. The van der Waals surface area contributed by atoms with Crippen LogP contribution in [0.4, 0.5) is 14.4 Å². The maximum atomic E-state index is 13.2. The number of aromatic nitrogens is 2. The zero-order chi connectivity index (χ0) is 26.1. The molecule has 1 aliphatic rings. The quantitative estimate of drug-likeness (QED) is 0.416. The van der Waals surface area contributed by atoms with Gasteiger partial charge in [-0.15, -0.1) is 0 Å². The summed E-state index contributed by atoms with van der Waals surface area (Å²) in [4.78, 5) is 44.5. The van der Waals surface area contributed by atoms with Gasteiger partial charge >= 0.3 is 18.3 Å². The third-order valence-electron chi connectivity index (χ3n) is 4.20. The maximum absolute atomic E-state index is 13.2. The van der Waals surface area contributed by atoms with Crippen molar-refractivity contribution in [3.8, 4) is 0 Å². The van der Waals surface area contributed by atoms with E-state index in [2.05, 4.69) is 20.9 Å². The molecule has 0 fully saturated rings. The third-order valence-corrected chi connectivity index (χ3v) is 4.72. The predicted octanol–water partition coefficient (Wildman–Crippen LogP) is 6.14. The van der Waals surface area contributed by atoms with Crippen molar-refractivity contribution in [2.75, 3.05) is 0 Å². The van der Waals surface area contributed by atoms with Crippen LogP contribution in [0.1, 0.15) is 74.1 Å². The molecule has 34 heavy (non-hydrogen) atoms. The number of carbonyl (C=O) groups is 3. The Morgan fingerprint density at radius 3 is 1.88 bits per heavy atom. The standard InChI is InChI=1S/C24H34BrN3O6/c1-22(2,3)32-19(29)27-13-12-26-18(27)16-14-15(25)10-11-17(16)28(20(30)33-23(4,5)6)21(31)34-24(7,8)9/h10-14,16-17H,1-9H3. The van der Waals surface area contributed by atoms with Gasteiger partial charge in [-0.2, -0.15) is 0 Å². The Bertz CT molecular complexity index is 964. The Morgan fingerprint density at radius 1 is 0.912 bits per heavy atom. The number of allylic oxidation sites excluding steroid dienone is 2. The number of hydrogen-bond acceptors (Lipinski definition) is 7. The summed E-state index contributed by atoms with van der Waals surface area (Å²) in [6, 6.07) is -0.880. The van der Waals surface area contributed by atoms with E-state index >= 15 is 0 Å². The van der Waals surface area contributed by atoms with E-state index in [0.717, 1.165) is 4.90 Å². The van der Waals surface area contributed by atoms with Gasteiger partial charge in [0, 0.05) is 16.9 Å². The van der Waals surface area contributed by atoms with Gasteiger partial charge < -0.3 is 14.2 Å². The SMILES string of the molecule is CC(C)(C)OC(=O)N(C(=O)OC(C)(C)C)C1C=CC(Br)=CC1c1nccn1C(=O)OC(C)(C)C. The minimum atomic E-state index is -0.880. The summed E-state index contributed by atoms with van der Waals surface area (Å²) < 4.78 is 18.5. The van der Waals surface area contributed by atoms with E-state index in [4.69, 9.17) is 14.2 Å². The molecule has 0 spiro atoms. The highest BCUT2D eigenvalue weighted by molar-refractivity contribution is 9.11. The molecular formula is C24H34BrN3O6. The summed E-state index contributed by atoms with van der Waals surface area (Å²) in [6.07, 6.45) is 5.70. The van der Waals surface area contributed by atoms with Crippen LogP contribution in [0.25, 0.3) is 0 Å². The van der Waals surface area contributed by atoms with Crippen LogP contribution in [0, 0.1) is 0 Å². The van der Waals surface area contributed by atoms with E-state index < -0.39 is 47.0 Å². The molecule has 0 N–H and O–H groups in total. The summed E-state index contributed by atoms with van der Waals surface area (Å²) in [5.74, 6) is -0.403. The minimum Gasteiger partial charge on any atom is -0.443 e. The van der Waals surface area contributed by atoms with Crippen LogP contribution in [0.5, 0.6) is 0 Å². The van der Waals surface area contributed by atoms with Crippen molar-refractivity contribution in [2.24, 2.45) is 0 Å². The van der Waals surface area contributed by atoms with Crippen LogP contribution in [-0.4, -0.2) is 55.6 Å². The first-order valence-corrected chi connectivity index (χ1v) is 11.7. The van der Waals surface area contributed by atoms with Gasteiger partial charge in [-0.25, -0.2) is 28.8 Å². The smallest absolute Gasteiger partial charge is 0.420 e. The van der Waals surface area contributed by atoms with Crippen molar-refractivity contribution in [2.45, 2.75) is 91.1 Å². The van der Waals surface area contributed by atoms with E-state index in [9.17, 15) is 14.4 Å². The summed E-state index contributed by atoms with van der Waals surface area (Å²) in [7, 11) is 0. The molecule has 188 valence electrons. The van der Waals surface area contributed by atoms with Gasteiger partial charge in [0.05, 0.1) is 12.0 Å². The molecule has 0 radical (unpaired) electrons. The molecule has 2 rings (SSSR count). The number of rotatable bonds is 2. The molecule has 0 aromatic carbocycles. The van der Waals surface area contributed by atoms with Crippen molar-refractivity contribution in [1.82, 2.24) is 14.5 Å². The molecule has 1 aromatic heterocycles. The van der Waals surface area contributed by atoms with Crippen molar-refractivity contribution in [1.29, 1.82) is 0 Å². The lowest BCUT2D eigenvalue weighted by molar-refractivity contribution is -0.00487. The average Bonchev–Trinajstić information content (AvgIpc) is 3.08. The lowest BCUT2D eigenvalue weighted by Crippen LogP contribution is -2.51. The number of ether oxygens (including phenoxy) is 3. The van der Waals surface area contributed by atoms with Crippen LogP contribution < -0.4 is 0 Å². The maximum Gasteiger partial charge on any atom is 0.420 e. The van der Waals surface area contributed by atoms with Gasteiger partial charge in [-0.05, 0) is 62.3 Å². The third kappa shape index (κ3) is 7.72. The van der Waals surface area contributed by atoms with E-state index in [1.807, 2.05) is 0 Å². The molecule has 2 amide bonds. The van der Waals surface area contributed by atoms with Gasteiger partial charge in [0.25, 0.3) is 0 Å². The fraction of sp³-hybridized carbons (Fsp3) is 0.583. The highest BCUT2D eigenvalue weighted by atomic mass is 79.9. The highest BCUT2D eigenvalue weighted by Crippen LogP contribution is 2.34. The molecular weight excluding hydrogens is 506 g/mol. The van der Waals surface area contributed by atoms with Crippen LogP contribution in [0.2, 0.25) is 0 Å². The van der Waals surface area contributed by atoms with Gasteiger partial charge in [0.2, 0.25) is 0 Å². The first kappa shape index (κ1) is 27.6. The number of hydrogen-bond donors (Lipinski definition) is 0. The van der Waals surface area contributed by atoms with Crippen LogP contribution in [0.3, 0.4) is 0 Å². The van der Waals surface area contributed by atoms with Gasteiger partial charge in [0.15, 0.2) is 0 Å².